The van der Waals surface area contributed by atoms with E-state index in [1.54, 1.807) is 6.07 Å². The molecule has 0 aliphatic rings. The first-order chi connectivity index (χ1) is 13.2. The van der Waals surface area contributed by atoms with E-state index in [-0.39, 0.29) is 33.4 Å². The van der Waals surface area contributed by atoms with E-state index in [9.17, 15) is 17.6 Å². The Morgan fingerprint density at radius 3 is 2.36 bits per heavy atom. The highest BCUT2D eigenvalue weighted by Crippen LogP contribution is 2.34. The fourth-order valence-corrected chi connectivity index (χ4v) is 3.15. The van der Waals surface area contributed by atoms with Gasteiger partial charge < -0.3 is 5.73 Å². The molecule has 0 spiro atoms. The van der Waals surface area contributed by atoms with Crippen molar-refractivity contribution in [3.05, 3.63) is 88.3 Å². The van der Waals surface area contributed by atoms with Crippen molar-refractivity contribution < 1.29 is 17.6 Å². The van der Waals surface area contributed by atoms with Crippen LogP contribution in [0.4, 0.5) is 17.6 Å². The Morgan fingerprint density at radius 2 is 1.71 bits per heavy atom. The zero-order chi connectivity index (χ0) is 20.5. The van der Waals surface area contributed by atoms with Crippen molar-refractivity contribution in [1.29, 1.82) is 5.41 Å². The standard InChI is InChI=1S/C20H14ClF4N3/c21-13-6-2-7-14(22)17(13)18(19(26)27)16-9-3-8-15(28-16)11-4-1-5-12(10-11)20(23,24)25/h1-10,18H,(H3,26,27). The maximum absolute atomic E-state index is 14.4. The molecule has 3 rings (SSSR count). The monoisotopic (exact) mass is 407 g/mol. The third-order valence-electron chi connectivity index (χ3n) is 4.15. The predicted molar refractivity (Wildman–Crippen MR) is 99.8 cm³/mol. The van der Waals surface area contributed by atoms with Crippen LogP contribution in [0.1, 0.15) is 22.7 Å². The van der Waals surface area contributed by atoms with Crippen LogP contribution >= 0.6 is 11.6 Å². The average Bonchev–Trinajstić information content (AvgIpc) is 2.64. The molecule has 0 saturated heterocycles. The number of nitrogens with zero attached hydrogens (tertiary/aromatic N) is 1. The van der Waals surface area contributed by atoms with Gasteiger partial charge in [-0.05, 0) is 36.4 Å². The Morgan fingerprint density at radius 1 is 1.04 bits per heavy atom. The van der Waals surface area contributed by atoms with Gasteiger partial charge in [-0.3, -0.25) is 10.4 Å². The number of nitrogens with two attached hydrogens (primary N) is 1. The van der Waals surface area contributed by atoms with Crippen molar-refractivity contribution >= 4 is 17.4 Å². The minimum atomic E-state index is -4.49. The molecule has 0 bridgehead atoms. The number of benzene rings is 2. The maximum atomic E-state index is 14.4. The molecule has 0 saturated carbocycles. The van der Waals surface area contributed by atoms with Gasteiger partial charge in [-0.15, -0.1) is 0 Å². The van der Waals surface area contributed by atoms with Crippen LogP contribution in [-0.4, -0.2) is 10.8 Å². The topological polar surface area (TPSA) is 62.8 Å². The van der Waals surface area contributed by atoms with E-state index in [1.807, 2.05) is 0 Å². The molecule has 28 heavy (non-hydrogen) atoms. The van der Waals surface area contributed by atoms with Gasteiger partial charge in [0.25, 0.3) is 0 Å². The molecule has 1 atom stereocenters. The highest BCUT2D eigenvalue weighted by Gasteiger charge is 2.31. The van der Waals surface area contributed by atoms with Gasteiger partial charge in [0.2, 0.25) is 0 Å². The highest BCUT2D eigenvalue weighted by atomic mass is 35.5. The van der Waals surface area contributed by atoms with Gasteiger partial charge in [0.15, 0.2) is 0 Å². The van der Waals surface area contributed by atoms with Gasteiger partial charge in [-0.1, -0.05) is 35.9 Å². The Labute approximate surface area is 163 Å². The van der Waals surface area contributed by atoms with Crippen LogP contribution in [0, 0.1) is 11.2 Å². The first-order valence-electron chi connectivity index (χ1n) is 8.11. The lowest BCUT2D eigenvalue weighted by Gasteiger charge is -2.18. The molecule has 1 unspecified atom stereocenters. The van der Waals surface area contributed by atoms with E-state index in [0.29, 0.717) is 0 Å². The average molecular weight is 408 g/mol. The van der Waals surface area contributed by atoms with Gasteiger partial charge in [-0.25, -0.2) is 4.39 Å². The van der Waals surface area contributed by atoms with Crippen LogP contribution in [0.2, 0.25) is 5.02 Å². The number of alkyl halides is 3. The molecule has 3 nitrogen and oxygen atoms in total. The summed E-state index contributed by atoms with van der Waals surface area (Å²) in [7, 11) is 0. The number of amidine groups is 1. The Bertz CT molecular complexity index is 1010. The zero-order valence-electron chi connectivity index (χ0n) is 14.3. The SMILES string of the molecule is N=C(N)C(c1cccc(-c2cccc(C(F)(F)F)c2)n1)c1c(F)cccc1Cl. The number of rotatable bonds is 4. The van der Waals surface area contributed by atoms with Crippen molar-refractivity contribution in [2.75, 3.05) is 0 Å². The summed E-state index contributed by atoms with van der Waals surface area (Å²) in [6.45, 7) is 0. The fourth-order valence-electron chi connectivity index (χ4n) is 2.88. The summed E-state index contributed by atoms with van der Waals surface area (Å²) in [4.78, 5) is 4.33. The van der Waals surface area contributed by atoms with Gasteiger partial charge in [0.1, 0.15) is 11.7 Å². The van der Waals surface area contributed by atoms with Crippen molar-refractivity contribution in [3.8, 4) is 11.3 Å². The number of hydrogen-bond acceptors (Lipinski definition) is 2. The molecular formula is C20H14ClF4N3. The molecule has 1 aromatic heterocycles. The van der Waals surface area contributed by atoms with Gasteiger partial charge in [0.05, 0.1) is 22.9 Å². The van der Waals surface area contributed by atoms with Crippen molar-refractivity contribution in [2.24, 2.45) is 5.73 Å². The van der Waals surface area contributed by atoms with Crippen molar-refractivity contribution in [1.82, 2.24) is 4.98 Å². The molecule has 0 aliphatic carbocycles. The highest BCUT2D eigenvalue weighted by molar-refractivity contribution is 6.31. The minimum Gasteiger partial charge on any atom is -0.387 e. The molecule has 0 fully saturated rings. The second-order valence-electron chi connectivity index (χ2n) is 6.05. The number of aromatic nitrogens is 1. The molecule has 0 aliphatic heterocycles. The van der Waals surface area contributed by atoms with E-state index in [4.69, 9.17) is 22.7 Å². The summed E-state index contributed by atoms with van der Waals surface area (Å²) in [5, 5.41) is 7.95. The van der Waals surface area contributed by atoms with E-state index in [1.165, 1.54) is 42.5 Å². The molecule has 144 valence electrons. The number of halogens is 5. The maximum Gasteiger partial charge on any atom is 0.416 e. The van der Waals surface area contributed by atoms with E-state index in [2.05, 4.69) is 4.98 Å². The molecular weight excluding hydrogens is 394 g/mol. The summed E-state index contributed by atoms with van der Waals surface area (Å²) in [6, 6.07) is 13.4. The molecule has 3 aromatic rings. The van der Waals surface area contributed by atoms with E-state index in [0.717, 1.165) is 12.1 Å². The lowest BCUT2D eigenvalue weighted by atomic mass is 9.93. The number of nitrogens with one attached hydrogen (secondary N) is 1. The lowest BCUT2D eigenvalue weighted by molar-refractivity contribution is -0.137. The largest absolute Gasteiger partial charge is 0.416 e. The summed E-state index contributed by atoms with van der Waals surface area (Å²) in [5.74, 6) is -2.11. The minimum absolute atomic E-state index is 0.00893. The van der Waals surface area contributed by atoms with Crippen LogP contribution in [0.15, 0.2) is 60.7 Å². The summed E-state index contributed by atoms with van der Waals surface area (Å²) in [6.07, 6.45) is -4.49. The smallest absolute Gasteiger partial charge is 0.387 e. The van der Waals surface area contributed by atoms with E-state index < -0.39 is 23.5 Å². The third-order valence-corrected chi connectivity index (χ3v) is 4.48. The Kier molecular flexibility index (Phi) is 5.38. The summed E-state index contributed by atoms with van der Waals surface area (Å²) < 4.78 is 53.3. The van der Waals surface area contributed by atoms with Crippen LogP contribution in [0.5, 0.6) is 0 Å². The quantitative estimate of drug-likeness (QED) is 0.334. The molecule has 8 heteroatoms. The van der Waals surface area contributed by atoms with Crippen LogP contribution in [-0.2, 0) is 6.18 Å². The zero-order valence-corrected chi connectivity index (χ0v) is 15.0. The molecule has 1 heterocycles. The molecule has 0 radical (unpaired) electrons. The normalized spacial score (nSPS) is 12.6. The lowest BCUT2D eigenvalue weighted by Crippen LogP contribution is -2.24. The van der Waals surface area contributed by atoms with Crippen LogP contribution in [0.25, 0.3) is 11.3 Å². The van der Waals surface area contributed by atoms with Crippen molar-refractivity contribution in [3.63, 3.8) is 0 Å². The van der Waals surface area contributed by atoms with Gasteiger partial charge in [-0.2, -0.15) is 13.2 Å². The first-order valence-corrected chi connectivity index (χ1v) is 8.48. The van der Waals surface area contributed by atoms with Gasteiger partial charge >= 0.3 is 6.18 Å². The third kappa shape index (κ3) is 3.99. The molecule has 0 amide bonds. The summed E-state index contributed by atoms with van der Waals surface area (Å²) >= 11 is 6.10. The second-order valence-corrected chi connectivity index (χ2v) is 6.46. The first kappa shape index (κ1) is 19.8. The van der Waals surface area contributed by atoms with Gasteiger partial charge in [0, 0.05) is 16.1 Å². The van der Waals surface area contributed by atoms with Crippen LogP contribution in [0.3, 0.4) is 0 Å². The Balaban J connectivity index is 2.11. The molecule has 3 N–H and O–H groups in total. The van der Waals surface area contributed by atoms with Crippen LogP contribution < -0.4 is 5.73 Å². The molecule has 2 aromatic carbocycles. The Hall–Kier alpha value is -2.93. The number of pyridine rings is 1. The van der Waals surface area contributed by atoms with Crippen molar-refractivity contribution in [2.45, 2.75) is 12.1 Å². The number of hydrogen-bond donors (Lipinski definition) is 2. The van der Waals surface area contributed by atoms with E-state index >= 15 is 0 Å². The second kappa shape index (κ2) is 7.59. The fraction of sp³-hybridized carbons (Fsp3) is 0.100. The predicted octanol–water partition coefficient (Wildman–Crippen LogP) is 5.63. The summed E-state index contributed by atoms with van der Waals surface area (Å²) in [5.41, 5.74) is 5.54.